The van der Waals surface area contributed by atoms with Crippen LogP contribution in [0.1, 0.15) is 29.0 Å². The fourth-order valence-electron chi connectivity index (χ4n) is 4.08. The first-order chi connectivity index (χ1) is 15.2. The molecule has 1 saturated heterocycles. The Morgan fingerprint density at radius 2 is 1.94 bits per heavy atom. The number of nitrogens with one attached hydrogen (secondary N) is 1. The van der Waals surface area contributed by atoms with E-state index >= 15 is 0 Å². The normalized spacial score (nSPS) is 18.2. The van der Waals surface area contributed by atoms with Gasteiger partial charge in [0.05, 0.1) is 17.8 Å². The molecule has 5 nitrogen and oxygen atoms in total. The van der Waals surface area contributed by atoms with Crippen molar-refractivity contribution in [2.75, 3.05) is 0 Å². The summed E-state index contributed by atoms with van der Waals surface area (Å²) in [4.78, 5) is 11.1. The molecule has 0 radical (unpaired) electrons. The fraction of sp³-hybridized carbons (Fsp3) is 0.125. The third kappa shape index (κ3) is 3.98. The van der Waals surface area contributed by atoms with Crippen molar-refractivity contribution >= 4 is 33.3 Å². The minimum atomic E-state index is -0.0637. The Morgan fingerprint density at radius 3 is 2.71 bits per heavy atom. The van der Waals surface area contributed by atoms with Crippen LogP contribution in [0.15, 0.2) is 96.0 Å². The number of hydrogen-bond donors (Lipinski definition) is 1. The Balaban J connectivity index is 1.61. The SMILES string of the molecule is S=C1N[C@@H](c2ccccn2)[C@@H](c2cccn2-c2cccc(Br)c2)N1Cc1cccnc1. The zero-order chi connectivity index (χ0) is 21.2. The lowest BCUT2D eigenvalue weighted by Gasteiger charge is -2.29. The zero-order valence-corrected chi connectivity index (χ0v) is 19.0. The Hall–Kier alpha value is -3.03. The molecule has 3 aromatic heterocycles. The van der Waals surface area contributed by atoms with Crippen LogP contribution < -0.4 is 5.32 Å². The van der Waals surface area contributed by atoms with Gasteiger partial charge in [-0.05, 0) is 66.3 Å². The first-order valence-electron chi connectivity index (χ1n) is 10.0. The molecule has 154 valence electrons. The molecule has 0 saturated carbocycles. The molecule has 0 spiro atoms. The third-order valence-corrected chi connectivity index (χ3v) is 6.29. The van der Waals surface area contributed by atoms with Gasteiger partial charge in [-0.3, -0.25) is 9.97 Å². The molecule has 4 aromatic rings. The molecule has 2 atom stereocenters. The highest BCUT2D eigenvalue weighted by Crippen LogP contribution is 2.40. The van der Waals surface area contributed by atoms with Crippen LogP contribution in [0, 0.1) is 0 Å². The van der Waals surface area contributed by atoms with Crippen molar-refractivity contribution in [3.63, 3.8) is 0 Å². The van der Waals surface area contributed by atoms with Crippen LogP contribution in [0.4, 0.5) is 0 Å². The molecule has 7 heteroatoms. The maximum atomic E-state index is 5.80. The van der Waals surface area contributed by atoms with Crippen molar-refractivity contribution in [2.45, 2.75) is 18.6 Å². The van der Waals surface area contributed by atoms with Crippen LogP contribution in [-0.2, 0) is 6.54 Å². The molecule has 0 aliphatic carbocycles. The summed E-state index contributed by atoms with van der Waals surface area (Å²) in [6, 6.07) is 22.5. The summed E-state index contributed by atoms with van der Waals surface area (Å²) < 4.78 is 3.26. The van der Waals surface area contributed by atoms with E-state index in [1.54, 1.807) is 6.20 Å². The predicted molar refractivity (Wildman–Crippen MR) is 129 cm³/mol. The average molecular weight is 490 g/mol. The first-order valence-corrected chi connectivity index (χ1v) is 11.2. The van der Waals surface area contributed by atoms with Gasteiger partial charge in [0.2, 0.25) is 0 Å². The van der Waals surface area contributed by atoms with Crippen LogP contribution in [-0.4, -0.2) is 24.5 Å². The van der Waals surface area contributed by atoms with E-state index in [2.05, 4.69) is 77.2 Å². The molecule has 0 bridgehead atoms. The molecule has 1 aromatic carbocycles. The minimum absolute atomic E-state index is 0.0309. The monoisotopic (exact) mass is 489 g/mol. The minimum Gasteiger partial charge on any atom is -0.352 e. The van der Waals surface area contributed by atoms with Gasteiger partial charge in [-0.2, -0.15) is 0 Å². The van der Waals surface area contributed by atoms with E-state index in [1.165, 1.54) is 0 Å². The van der Waals surface area contributed by atoms with Crippen molar-refractivity contribution in [1.29, 1.82) is 0 Å². The Bertz CT molecular complexity index is 1190. The van der Waals surface area contributed by atoms with E-state index in [9.17, 15) is 0 Å². The number of benzene rings is 1. The molecular formula is C24H20BrN5S. The maximum Gasteiger partial charge on any atom is 0.170 e. The van der Waals surface area contributed by atoms with Crippen molar-refractivity contribution in [3.8, 4) is 5.69 Å². The van der Waals surface area contributed by atoms with Crippen LogP contribution in [0.3, 0.4) is 0 Å². The van der Waals surface area contributed by atoms with Gasteiger partial charge in [0.15, 0.2) is 5.11 Å². The molecule has 1 aliphatic rings. The summed E-state index contributed by atoms with van der Waals surface area (Å²) >= 11 is 9.39. The lowest BCUT2D eigenvalue weighted by atomic mass is 10.0. The fourth-order valence-corrected chi connectivity index (χ4v) is 4.77. The summed E-state index contributed by atoms with van der Waals surface area (Å²) in [5.41, 5.74) is 4.31. The third-order valence-electron chi connectivity index (χ3n) is 5.44. The zero-order valence-electron chi connectivity index (χ0n) is 16.6. The average Bonchev–Trinajstić information content (AvgIpc) is 3.40. The number of halogens is 1. The van der Waals surface area contributed by atoms with E-state index in [1.807, 2.05) is 48.8 Å². The van der Waals surface area contributed by atoms with Gasteiger partial charge < -0.3 is 14.8 Å². The summed E-state index contributed by atoms with van der Waals surface area (Å²) in [6.45, 7) is 0.664. The summed E-state index contributed by atoms with van der Waals surface area (Å²) in [5.74, 6) is 0. The van der Waals surface area contributed by atoms with E-state index < -0.39 is 0 Å². The predicted octanol–water partition coefficient (Wildman–Crippen LogP) is 5.20. The van der Waals surface area contributed by atoms with Crippen LogP contribution >= 0.6 is 28.1 Å². The number of pyridine rings is 2. The van der Waals surface area contributed by atoms with Crippen molar-refractivity contribution in [3.05, 3.63) is 113 Å². The highest BCUT2D eigenvalue weighted by molar-refractivity contribution is 9.10. The molecule has 4 heterocycles. The molecule has 31 heavy (non-hydrogen) atoms. The summed E-state index contributed by atoms with van der Waals surface area (Å²) in [7, 11) is 0. The lowest BCUT2D eigenvalue weighted by molar-refractivity contribution is 0.302. The molecule has 5 rings (SSSR count). The van der Waals surface area contributed by atoms with E-state index in [-0.39, 0.29) is 12.1 Å². The van der Waals surface area contributed by atoms with Gasteiger partial charge in [-0.15, -0.1) is 0 Å². The van der Waals surface area contributed by atoms with Gasteiger partial charge in [0.1, 0.15) is 0 Å². The molecule has 1 fully saturated rings. The Labute approximate surface area is 194 Å². The molecule has 0 unspecified atom stereocenters. The number of thiocarbonyl (C=S) groups is 1. The number of nitrogens with zero attached hydrogens (tertiary/aromatic N) is 4. The van der Waals surface area contributed by atoms with Gasteiger partial charge in [-0.1, -0.05) is 34.1 Å². The van der Waals surface area contributed by atoms with Crippen molar-refractivity contribution in [2.24, 2.45) is 0 Å². The largest absolute Gasteiger partial charge is 0.352 e. The second-order valence-corrected chi connectivity index (χ2v) is 8.70. The standard InChI is InChI=1S/C24H20BrN5S/c25-18-7-3-8-19(14-18)29-13-5-10-21(29)23-22(20-9-1-2-12-27-20)28-24(31)30(23)16-17-6-4-11-26-15-17/h1-15,22-23H,16H2,(H,28,31)/t22-,23+/m0/s1. The van der Waals surface area contributed by atoms with E-state index in [0.29, 0.717) is 11.7 Å². The van der Waals surface area contributed by atoms with Gasteiger partial charge in [0.25, 0.3) is 0 Å². The number of aromatic nitrogens is 3. The van der Waals surface area contributed by atoms with Crippen molar-refractivity contribution < 1.29 is 0 Å². The molecule has 0 amide bonds. The van der Waals surface area contributed by atoms with Crippen molar-refractivity contribution in [1.82, 2.24) is 24.8 Å². The second kappa shape index (κ2) is 8.61. The lowest BCUT2D eigenvalue weighted by Crippen LogP contribution is -2.30. The van der Waals surface area contributed by atoms with Gasteiger partial charge in [0, 0.05) is 47.2 Å². The summed E-state index contributed by atoms with van der Waals surface area (Å²) in [6.07, 6.45) is 7.60. The maximum absolute atomic E-state index is 5.80. The molecule has 1 aliphatic heterocycles. The number of rotatable bonds is 5. The van der Waals surface area contributed by atoms with E-state index in [0.717, 1.165) is 27.1 Å². The van der Waals surface area contributed by atoms with Crippen LogP contribution in [0.5, 0.6) is 0 Å². The number of hydrogen-bond acceptors (Lipinski definition) is 3. The van der Waals surface area contributed by atoms with E-state index in [4.69, 9.17) is 12.2 Å². The van der Waals surface area contributed by atoms with Gasteiger partial charge in [-0.25, -0.2) is 0 Å². The highest BCUT2D eigenvalue weighted by Gasteiger charge is 2.41. The summed E-state index contributed by atoms with van der Waals surface area (Å²) in [5, 5.41) is 4.24. The van der Waals surface area contributed by atoms with Gasteiger partial charge >= 0.3 is 0 Å². The highest BCUT2D eigenvalue weighted by atomic mass is 79.9. The quantitative estimate of drug-likeness (QED) is 0.390. The first kappa shape index (κ1) is 19.9. The topological polar surface area (TPSA) is 46.0 Å². The molecular weight excluding hydrogens is 470 g/mol. The second-order valence-electron chi connectivity index (χ2n) is 7.40. The Kier molecular flexibility index (Phi) is 5.53. The molecule has 1 N–H and O–H groups in total. The Morgan fingerprint density at radius 1 is 1.00 bits per heavy atom. The van der Waals surface area contributed by atoms with Crippen LogP contribution in [0.25, 0.3) is 5.69 Å². The smallest absolute Gasteiger partial charge is 0.170 e. The van der Waals surface area contributed by atoms with Crippen LogP contribution in [0.2, 0.25) is 0 Å².